The minimum absolute atomic E-state index is 0.203. The van der Waals surface area contributed by atoms with Crippen LogP contribution in [0.3, 0.4) is 0 Å². The smallest absolute Gasteiger partial charge is 0.165 e. The minimum atomic E-state index is -0.680. The predicted molar refractivity (Wildman–Crippen MR) is 77.2 cm³/mol. The van der Waals surface area contributed by atoms with Gasteiger partial charge in [0.15, 0.2) is 11.6 Å². The molecular formula is C17H19FO2. The lowest BCUT2D eigenvalue weighted by molar-refractivity contribution is 0.198. The molecule has 0 heterocycles. The van der Waals surface area contributed by atoms with E-state index in [9.17, 15) is 9.50 Å². The number of halogens is 1. The molecule has 0 amide bonds. The highest BCUT2D eigenvalue weighted by Crippen LogP contribution is 2.22. The normalized spacial score (nSPS) is 12.2. The molecule has 0 unspecified atom stereocenters. The van der Waals surface area contributed by atoms with E-state index in [4.69, 9.17) is 4.74 Å². The molecule has 0 fully saturated rings. The van der Waals surface area contributed by atoms with Crippen LogP contribution in [0.2, 0.25) is 0 Å². The number of aliphatic hydroxyl groups excluding tert-OH is 1. The van der Waals surface area contributed by atoms with Gasteiger partial charge < -0.3 is 9.84 Å². The molecule has 0 saturated heterocycles. The molecule has 0 bridgehead atoms. The molecule has 0 radical (unpaired) electrons. The molecule has 0 aliphatic rings. The molecule has 3 heteroatoms. The zero-order valence-corrected chi connectivity index (χ0v) is 11.8. The third-order valence-corrected chi connectivity index (χ3v) is 3.26. The zero-order valence-electron chi connectivity index (χ0n) is 11.8. The van der Waals surface area contributed by atoms with Crippen LogP contribution in [0.5, 0.6) is 5.75 Å². The first kappa shape index (κ1) is 14.5. The maximum absolute atomic E-state index is 13.8. The molecule has 0 aliphatic heterocycles. The Morgan fingerprint density at radius 3 is 2.30 bits per heavy atom. The molecule has 2 nitrogen and oxygen atoms in total. The van der Waals surface area contributed by atoms with Gasteiger partial charge in [-0.2, -0.15) is 0 Å². The fourth-order valence-electron chi connectivity index (χ4n) is 1.93. The summed E-state index contributed by atoms with van der Waals surface area (Å²) in [5, 5.41) is 9.39. The van der Waals surface area contributed by atoms with Crippen LogP contribution in [0.15, 0.2) is 42.5 Å². The van der Waals surface area contributed by atoms with Gasteiger partial charge in [-0.15, -0.1) is 0 Å². The fraction of sp³-hybridized carbons (Fsp3) is 0.294. The summed E-state index contributed by atoms with van der Waals surface area (Å²) in [5.41, 5.74) is 2.81. The standard InChI is InChI=1S/C17H19FO2/c1-3-13-4-6-14(7-5-13)11-20-17-9-8-15(12(2)19)10-16(17)18/h4-10,12,19H,3,11H2,1-2H3/t12-/m0/s1. The van der Waals surface area contributed by atoms with Crippen molar-refractivity contribution in [2.45, 2.75) is 33.0 Å². The van der Waals surface area contributed by atoms with Gasteiger partial charge in [0.25, 0.3) is 0 Å². The summed E-state index contributed by atoms with van der Waals surface area (Å²) in [6, 6.07) is 12.6. The van der Waals surface area contributed by atoms with E-state index in [0.29, 0.717) is 12.2 Å². The van der Waals surface area contributed by atoms with Gasteiger partial charge in [-0.05, 0) is 42.2 Å². The Balaban J connectivity index is 2.03. The van der Waals surface area contributed by atoms with Gasteiger partial charge in [0, 0.05) is 0 Å². The highest BCUT2D eigenvalue weighted by Gasteiger charge is 2.08. The SMILES string of the molecule is CCc1ccc(COc2ccc([C@H](C)O)cc2F)cc1. The third kappa shape index (κ3) is 3.58. The van der Waals surface area contributed by atoms with Crippen molar-refractivity contribution in [1.82, 2.24) is 0 Å². The van der Waals surface area contributed by atoms with Gasteiger partial charge in [0.05, 0.1) is 6.10 Å². The molecule has 2 rings (SSSR count). The summed E-state index contributed by atoms with van der Waals surface area (Å²) in [6.07, 6.45) is 0.316. The van der Waals surface area contributed by atoms with Crippen molar-refractivity contribution in [1.29, 1.82) is 0 Å². The first-order valence-electron chi connectivity index (χ1n) is 6.78. The van der Waals surface area contributed by atoms with Crippen LogP contribution in [0.25, 0.3) is 0 Å². The van der Waals surface area contributed by atoms with Crippen molar-refractivity contribution < 1.29 is 14.2 Å². The summed E-state index contributed by atoms with van der Waals surface area (Å²) in [7, 11) is 0. The number of rotatable bonds is 5. The molecule has 106 valence electrons. The summed E-state index contributed by atoms with van der Waals surface area (Å²) < 4.78 is 19.3. The van der Waals surface area contributed by atoms with Gasteiger partial charge in [-0.1, -0.05) is 37.3 Å². The second kappa shape index (κ2) is 6.53. The predicted octanol–water partition coefficient (Wildman–Crippen LogP) is 4.02. The van der Waals surface area contributed by atoms with Crippen molar-refractivity contribution >= 4 is 0 Å². The Morgan fingerprint density at radius 1 is 1.10 bits per heavy atom. The number of aliphatic hydroxyl groups is 1. The lowest BCUT2D eigenvalue weighted by Crippen LogP contribution is -1.99. The average Bonchev–Trinajstić information content (AvgIpc) is 2.46. The summed E-state index contributed by atoms with van der Waals surface area (Å²) in [4.78, 5) is 0. The Hall–Kier alpha value is -1.87. The highest BCUT2D eigenvalue weighted by atomic mass is 19.1. The number of benzene rings is 2. The molecule has 2 aromatic rings. The third-order valence-electron chi connectivity index (χ3n) is 3.26. The molecule has 0 spiro atoms. The van der Waals surface area contributed by atoms with E-state index in [-0.39, 0.29) is 5.75 Å². The van der Waals surface area contributed by atoms with E-state index in [1.165, 1.54) is 11.6 Å². The quantitative estimate of drug-likeness (QED) is 0.892. The Kier molecular flexibility index (Phi) is 4.74. The molecule has 0 aliphatic carbocycles. The van der Waals surface area contributed by atoms with Crippen molar-refractivity contribution in [2.75, 3.05) is 0 Å². The van der Waals surface area contributed by atoms with E-state index in [1.54, 1.807) is 19.1 Å². The number of hydrogen-bond acceptors (Lipinski definition) is 2. The first-order valence-corrected chi connectivity index (χ1v) is 6.78. The molecule has 0 aromatic heterocycles. The molecule has 0 saturated carbocycles. The Labute approximate surface area is 118 Å². The maximum atomic E-state index is 13.8. The van der Waals surface area contributed by atoms with Gasteiger partial charge >= 0.3 is 0 Å². The largest absolute Gasteiger partial charge is 0.486 e. The van der Waals surface area contributed by atoms with Crippen LogP contribution in [-0.4, -0.2) is 5.11 Å². The van der Waals surface area contributed by atoms with Crippen molar-refractivity contribution in [3.63, 3.8) is 0 Å². The van der Waals surface area contributed by atoms with Crippen LogP contribution in [0.1, 0.15) is 36.6 Å². The van der Waals surface area contributed by atoms with E-state index in [1.807, 2.05) is 24.3 Å². The average molecular weight is 274 g/mol. The fourth-order valence-corrected chi connectivity index (χ4v) is 1.93. The van der Waals surface area contributed by atoms with Crippen molar-refractivity contribution in [3.8, 4) is 5.75 Å². The van der Waals surface area contributed by atoms with E-state index >= 15 is 0 Å². The number of ether oxygens (including phenoxy) is 1. The lowest BCUT2D eigenvalue weighted by Gasteiger charge is -2.10. The molecule has 20 heavy (non-hydrogen) atoms. The topological polar surface area (TPSA) is 29.5 Å². The molecule has 2 aromatic carbocycles. The first-order chi connectivity index (χ1) is 9.60. The van der Waals surface area contributed by atoms with Crippen LogP contribution in [0.4, 0.5) is 4.39 Å². The number of hydrogen-bond donors (Lipinski definition) is 1. The monoisotopic (exact) mass is 274 g/mol. The van der Waals surface area contributed by atoms with Crippen molar-refractivity contribution in [3.05, 3.63) is 65.0 Å². The Bertz CT molecular complexity index is 562. The van der Waals surface area contributed by atoms with E-state index in [2.05, 4.69) is 6.92 Å². The second-order valence-corrected chi connectivity index (χ2v) is 4.82. The molecule has 1 N–H and O–H groups in total. The van der Waals surface area contributed by atoms with Gasteiger partial charge in [-0.25, -0.2) is 4.39 Å². The van der Waals surface area contributed by atoms with Crippen LogP contribution < -0.4 is 4.74 Å². The second-order valence-electron chi connectivity index (χ2n) is 4.82. The number of aryl methyl sites for hydroxylation is 1. The van der Waals surface area contributed by atoms with Gasteiger partial charge in [0.1, 0.15) is 6.61 Å². The van der Waals surface area contributed by atoms with Crippen LogP contribution >= 0.6 is 0 Å². The summed E-state index contributed by atoms with van der Waals surface area (Å²) >= 11 is 0. The van der Waals surface area contributed by atoms with E-state index in [0.717, 1.165) is 12.0 Å². The zero-order chi connectivity index (χ0) is 14.5. The van der Waals surface area contributed by atoms with E-state index < -0.39 is 11.9 Å². The lowest BCUT2D eigenvalue weighted by atomic mass is 10.1. The summed E-state index contributed by atoms with van der Waals surface area (Å²) in [5.74, 6) is -0.248. The van der Waals surface area contributed by atoms with Crippen LogP contribution in [-0.2, 0) is 13.0 Å². The summed E-state index contributed by atoms with van der Waals surface area (Å²) in [6.45, 7) is 4.03. The minimum Gasteiger partial charge on any atom is -0.486 e. The maximum Gasteiger partial charge on any atom is 0.165 e. The van der Waals surface area contributed by atoms with Crippen molar-refractivity contribution in [2.24, 2.45) is 0 Å². The highest BCUT2D eigenvalue weighted by molar-refractivity contribution is 5.31. The molecule has 1 atom stereocenters. The van der Waals surface area contributed by atoms with Crippen LogP contribution in [0, 0.1) is 5.82 Å². The Morgan fingerprint density at radius 2 is 1.75 bits per heavy atom. The van der Waals surface area contributed by atoms with Gasteiger partial charge in [-0.3, -0.25) is 0 Å². The molecular weight excluding hydrogens is 255 g/mol. The van der Waals surface area contributed by atoms with Gasteiger partial charge in [0.2, 0.25) is 0 Å².